The van der Waals surface area contributed by atoms with Crippen LogP contribution in [0.15, 0.2) is 29.4 Å². The summed E-state index contributed by atoms with van der Waals surface area (Å²) in [6.07, 6.45) is 0.469. The lowest BCUT2D eigenvalue weighted by atomic mass is 9.97. The van der Waals surface area contributed by atoms with Crippen molar-refractivity contribution >= 4 is 11.6 Å². The Morgan fingerprint density at radius 1 is 0.781 bits per heavy atom. The first-order valence-electron chi connectivity index (χ1n) is 9.89. The Bertz CT molecular complexity index is 985. The molecule has 1 amide bonds. The average Bonchev–Trinajstić information content (AvgIpc) is 3.27. The summed E-state index contributed by atoms with van der Waals surface area (Å²) in [7, 11) is 9.30. The van der Waals surface area contributed by atoms with Crippen molar-refractivity contribution in [2.75, 3.05) is 42.7 Å². The number of nitrogens with zero attached hydrogens (tertiary/aromatic N) is 2. The molecule has 0 bridgehead atoms. The van der Waals surface area contributed by atoms with E-state index in [-0.39, 0.29) is 11.9 Å². The normalized spacial score (nSPS) is 15.2. The molecule has 172 valence electrons. The molecule has 0 saturated carbocycles. The summed E-state index contributed by atoms with van der Waals surface area (Å²) in [6, 6.07) is 6.94. The second-order valence-corrected chi connectivity index (χ2v) is 7.00. The largest absolute Gasteiger partial charge is 0.493 e. The molecular weight excluding hydrogens is 416 g/mol. The summed E-state index contributed by atoms with van der Waals surface area (Å²) in [5.41, 5.74) is 2.28. The van der Waals surface area contributed by atoms with Crippen molar-refractivity contribution < 1.29 is 33.2 Å². The monoisotopic (exact) mass is 444 g/mol. The first-order valence-corrected chi connectivity index (χ1v) is 9.89. The van der Waals surface area contributed by atoms with Gasteiger partial charge in [0.25, 0.3) is 0 Å². The Hall–Kier alpha value is -3.62. The van der Waals surface area contributed by atoms with Crippen LogP contribution in [0.1, 0.15) is 30.5 Å². The molecule has 1 aliphatic rings. The van der Waals surface area contributed by atoms with Crippen molar-refractivity contribution in [3.63, 3.8) is 0 Å². The van der Waals surface area contributed by atoms with Crippen LogP contribution in [-0.2, 0) is 4.79 Å². The van der Waals surface area contributed by atoms with Crippen LogP contribution in [-0.4, -0.2) is 59.3 Å². The molecule has 32 heavy (non-hydrogen) atoms. The summed E-state index contributed by atoms with van der Waals surface area (Å²) in [4.78, 5) is 12.4. The molecule has 3 rings (SSSR count). The minimum Gasteiger partial charge on any atom is -0.493 e. The number of hydrogen-bond donors (Lipinski definition) is 0. The van der Waals surface area contributed by atoms with Gasteiger partial charge >= 0.3 is 0 Å². The molecule has 1 atom stereocenters. The Morgan fingerprint density at radius 3 is 1.59 bits per heavy atom. The molecule has 1 heterocycles. The molecular formula is C23H28N2O7. The first kappa shape index (κ1) is 23.1. The van der Waals surface area contributed by atoms with Crippen molar-refractivity contribution in [2.45, 2.75) is 19.4 Å². The standard InChI is InChI=1S/C23H28N2O7/c1-13(26)25-17(15-10-20(29-4)23(32-7)21(11-15)30-5)12-16(24-25)14-8-18(27-2)22(31-6)19(9-14)28-3/h8-11,17H,12H2,1-7H3. The van der Waals surface area contributed by atoms with Crippen LogP contribution in [0.25, 0.3) is 0 Å². The number of rotatable bonds is 8. The lowest BCUT2D eigenvalue weighted by molar-refractivity contribution is -0.130. The molecule has 0 aliphatic carbocycles. The number of hydrogen-bond acceptors (Lipinski definition) is 8. The van der Waals surface area contributed by atoms with Crippen molar-refractivity contribution in [2.24, 2.45) is 5.10 Å². The van der Waals surface area contributed by atoms with Crippen LogP contribution < -0.4 is 28.4 Å². The van der Waals surface area contributed by atoms with E-state index in [9.17, 15) is 4.79 Å². The van der Waals surface area contributed by atoms with Crippen LogP contribution in [0.5, 0.6) is 34.5 Å². The molecule has 9 nitrogen and oxygen atoms in total. The first-order chi connectivity index (χ1) is 15.4. The van der Waals surface area contributed by atoms with Gasteiger partial charge in [-0.3, -0.25) is 4.79 Å². The van der Waals surface area contributed by atoms with Gasteiger partial charge in [-0.05, 0) is 29.8 Å². The summed E-state index contributed by atoms with van der Waals surface area (Å²) < 4.78 is 32.7. The fraction of sp³-hybridized carbons (Fsp3) is 0.391. The fourth-order valence-electron chi connectivity index (χ4n) is 3.78. The Balaban J connectivity index is 2.07. The zero-order valence-electron chi connectivity index (χ0n) is 19.3. The quantitative estimate of drug-likeness (QED) is 0.616. The lowest BCUT2D eigenvalue weighted by Crippen LogP contribution is -2.24. The highest BCUT2D eigenvalue weighted by atomic mass is 16.5. The SMILES string of the molecule is COc1cc(C2=NN(C(C)=O)C(c3cc(OC)c(OC)c(OC)c3)C2)cc(OC)c1OC. The van der Waals surface area contributed by atoms with Gasteiger partial charge in [0, 0.05) is 18.9 Å². The number of hydrazone groups is 1. The molecule has 0 aromatic heterocycles. The van der Waals surface area contributed by atoms with Crippen LogP contribution in [0.3, 0.4) is 0 Å². The third kappa shape index (κ3) is 4.10. The van der Waals surface area contributed by atoms with Gasteiger partial charge in [-0.25, -0.2) is 5.01 Å². The van der Waals surface area contributed by atoms with Crippen molar-refractivity contribution in [1.82, 2.24) is 5.01 Å². The zero-order chi connectivity index (χ0) is 23.4. The van der Waals surface area contributed by atoms with E-state index in [1.807, 2.05) is 24.3 Å². The van der Waals surface area contributed by atoms with Crippen LogP contribution >= 0.6 is 0 Å². The second kappa shape index (κ2) is 9.67. The van der Waals surface area contributed by atoms with Crippen LogP contribution in [0.2, 0.25) is 0 Å². The number of carbonyl (C=O) groups is 1. The number of benzene rings is 2. The second-order valence-electron chi connectivity index (χ2n) is 7.00. The van der Waals surface area contributed by atoms with Crippen LogP contribution in [0, 0.1) is 0 Å². The van der Waals surface area contributed by atoms with Crippen LogP contribution in [0.4, 0.5) is 0 Å². The maximum absolute atomic E-state index is 12.4. The molecule has 0 spiro atoms. The van der Waals surface area contributed by atoms with E-state index in [1.54, 1.807) is 42.7 Å². The molecule has 0 radical (unpaired) electrons. The van der Waals surface area contributed by atoms with E-state index >= 15 is 0 Å². The van der Waals surface area contributed by atoms with Crippen molar-refractivity contribution in [1.29, 1.82) is 0 Å². The summed E-state index contributed by atoms with van der Waals surface area (Å²) in [5, 5.41) is 6.07. The average molecular weight is 444 g/mol. The summed E-state index contributed by atoms with van der Waals surface area (Å²) in [5.74, 6) is 2.81. The maximum atomic E-state index is 12.4. The third-order valence-electron chi connectivity index (χ3n) is 5.30. The van der Waals surface area contributed by atoms with Gasteiger partial charge in [0.05, 0.1) is 54.4 Å². The van der Waals surface area contributed by atoms with Gasteiger partial charge in [-0.1, -0.05) is 0 Å². The molecule has 0 fully saturated rings. The van der Waals surface area contributed by atoms with Gasteiger partial charge < -0.3 is 28.4 Å². The Kier molecular flexibility index (Phi) is 6.97. The van der Waals surface area contributed by atoms with E-state index < -0.39 is 0 Å². The molecule has 1 aliphatic heterocycles. The fourth-order valence-corrected chi connectivity index (χ4v) is 3.78. The van der Waals surface area contributed by atoms with E-state index in [4.69, 9.17) is 28.4 Å². The number of ether oxygens (including phenoxy) is 6. The minimum absolute atomic E-state index is 0.189. The predicted molar refractivity (Wildman–Crippen MR) is 119 cm³/mol. The zero-order valence-corrected chi connectivity index (χ0v) is 19.3. The lowest BCUT2D eigenvalue weighted by Gasteiger charge is -2.22. The topological polar surface area (TPSA) is 88.1 Å². The number of amides is 1. The van der Waals surface area contributed by atoms with E-state index in [0.29, 0.717) is 46.6 Å². The van der Waals surface area contributed by atoms with Gasteiger partial charge in [-0.2, -0.15) is 5.10 Å². The minimum atomic E-state index is -0.352. The smallest absolute Gasteiger partial charge is 0.240 e. The summed E-state index contributed by atoms with van der Waals surface area (Å²) in [6.45, 7) is 1.48. The van der Waals surface area contributed by atoms with Crippen molar-refractivity contribution in [3.05, 3.63) is 35.4 Å². The Morgan fingerprint density at radius 2 is 1.22 bits per heavy atom. The van der Waals surface area contributed by atoms with Gasteiger partial charge in [-0.15, -0.1) is 0 Å². The van der Waals surface area contributed by atoms with Gasteiger partial charge in [0.15, 0.2) is 23.0 Å². The van der Waals surface area contributed by atoms with E-state index in [0.717, 1.165) is 11.1 Å². The molecule has 2 aromatic carbocycles. The van der Waals surface area contributed by atoms with Crippen molar-refractivity contribution in [3.8, 4) is 34.5 Å². The van der Waals surface area contributed by atoms with Gasteiger partial charge in [0.2, 0.25) is 17.4 Å². The Labute approximate surface area is 187 Å². The number of methoxy groups -OCH3 is 6. The molecule has 2 aromatic rings. The molecule has 0 saturated heterocycles. The third-order valence-corrected chi connectivity index (χ3v) is 5.30. The number of carbonyl (C=O) groups excluding carboxylic acids is 1. The van der Waals surface area contributed by atoms with E-state index in [2.05, 4.69) is 5.10 Å². The highest BCUT2D eigenvalue weighted by Gasteiger charge is 2.33. The predicted octanol–water partition coefficient (Wildman–Crippen LogP) is 3.44. The highest BCUT2D eigenvalue weighted by molar-refractivity contribution is 6.04. The molecule has 1 unspecified atom stereocenters. The van der Waals surface area contributed by atoms with Gasteiger partial charge in [0.1, 0.15) is 0 Å². The summed E-state index contributed by atoms with van der Waals surface area (Å²) >= 11 is 0. The van der Waals surface area contributed by atoms with E-state index in [1.165, 1.54) is 11.9 Å². The molecule has 9 heteroatoms. The highest BCUT2D eigenvalue weighted by Crippen LogP contribution is 2.44. The maximum Gasteiger partial charge on any atom is 0.240 e. The molecule has 0 N–H and O–H groups in total.